The van der Waals surface area contributed by atoms with E-state index in [0.29, 0.717) is 6.42 Å². The number of amides is 1. The quantitative estimate of drug-likeness (QED) is 0.127. The lowest BCUT2D eigenvalue weighted by Gasteiger charge is -2.41. The Kier molecular flexibility index (Phi) is 8.83. The number of nitro groups is 1. The number of alkyl carbamates (subject to hydrolysis) is 1. The molecule has 0 bridgehead atoms. The molecule has 0 spiro atoms. The van der Waals surface area contributed by atoms with E-state index in [1.807, 2.05) is 36.4 Å². The third kappa shape index (κ3) is 5.93. The van der Waals surface area contributed by atoms with Gasteiger partial charge >= 0.3 is 12.1 Å². The fourth-order valence-electron chi connectivity index (χ4n) is 5.30. The number of fused-ring (bicyclic) bond motifs is 3. The van der Waals surface area contributed by atoms with Gasteiger partial charge < -0.3 is 29.7 Å². The molecule has 1 amide bonds. The number of hydrogen-bond donors (Lipinski definition) is 3. The molecule has 3 N–H and O–H groups in total. The summed E-state index contributed by atoms with van der Waals surface area (Å²) in [5.41, 5.74) is 1.79. The van der Waals surface area contributed by atoms with Crippen molar-refractivity contribution < 1.29 is 38.9 Å². The standard InChI is InChI=1S/C31H34N2O9/c1-30(2,3)31(28(35)36,15-21-12-22(16-34)27(42-18-40-4)14-26(21)33(38)39)32-29(37)41-17-20-9-7-11-24-23-10-6-5-8-19(23)13-25(20)24/h5-12,14,34H,13,15-18H2,1-4H3,(H,32,37)(H,35,36)/t31-/m1/s1. The number of carboxylic acid groups (broad SMARTS) is 1. The maximum Gasteiger partial charge on any atom is 0.408 e. The van der Waals surface area contributed by atoms with E-state index in [0.717, 1.165) is 28.3 Å². The number of nitrogens with zero attached hydrogens (tertiary/aromatic N) is 1. The zero-order valence-corrected chi connectivity index (χ0v) is 23.9. The van der Waals surface area contributed by atoms with Gasteiger partial charge in [-0.15, -0.1) is 0 Å². The molecular weight excluding hydrogens is 544 g/mol. The molecule has 1 aliphatic rings. The highest BCUT2D eigenvalue weighted by molar-refractivity contribution is 5.86. The van der Waals surface area contributed by atoms with Gasteiger partial charge in [0.1, 0.15) is 17.9 Å². The number of aliphatic hydroxyl groups is 1. The van der Waals surface area contributed by atoms with Crippen molar-refractivity contribution in [3.8, 4) is 16.9 Å². The highest BCUT2D eigenvalue weighted by Crippen LogP contribution is 2.40. The van der Waals surface area contributed by atoms with Crippen molar-refractivity contribution in [3.63, 3.8) is 0 Å². The van der Waals surface area contributed by atoms with Gasteiger partial charge in [-0.25, -0.2) is 9.59 Å². The van der Waals surface area contributed by atoms with E-state index < -0.39 is 46.7 Å². The number of nitro benzene ring substituents is 1. The molecule has 0 unspecified atom stereocenters. The summed E-state index contributed by atoms with van der Waals surface area (Å²) >= 11 is 0. The first kappa shape index (κ1) is 30.5. The lowest BCUT2D eigenvalue weighted by molar-refractivity contribution is -0.385. The van der Waals surface area contributed by atoms with Crippen LogP contribution in [0.3, 0.4) is 0 Å². The monoisotopic (exact) mass is 578 g/mol. The molecule has 222 valence electrons. The summed E-state index contributed by atoms with van der Waals surface area (Å²) in [6.07, 6.45) is -0.759. The maximum atomic E-state index is 13.2. The number of methoxy groups -OCH3 is 1. The van der Waals surface area contributed by atoms with Gasteiger partial charge in [0.25, 0.3) is 5.69 Å². The van der Waals surface area contributed by atoms with Crippen LogP contribution in [0.2, 0.25) is 0 Å². The number of ether oxygens (including phenoxy) is 3. The highest BCUT2D eigenvalue weighted by atomic mass is 16.7. The van der Waals surface area contributed by atoms with Crippen LogP contribution < -0.4 is 10.1 Å². The Hall–Kier alpha value is -4.48. The van der Waals surface area contributed by atoms with E-state index in [4.69, 9.17) is 14.2 Å². The van der Waals surface area contributed by atoms with E-state index in [2.05, 4.69) is 11.4 Å². The van der Waals surface area contributed by atoms with Crippen LogP contribution in [0.1, 0.15) is 48.6 Å². The molecular formula is C31H34N2O9. The van der Waals surface area contributed by atoms with Crippen LogP contribution in [0.4, 0.5) is 10.5 Å². The van der Waals surface area contributed by atoms with Crippen LogP contribution in [0.25, 0.3) is 11.1 Å². The van der Waals surface area contributed by atoms with Crippen molar-refractivity contribution >= 4 is 17.7 Å². The second-order valence-corrected chi connectivity index (χ2v) is 11.2. The molecule has 0 fully saturated rings. The van der Waals surface area contributed by atoms with Crippen LogP contribution in [0, 0.1) is 15.5 Å². The van der Waals surface area contributed by atoms with Crippen LogP contribution in [0.5, 0.6) is 5.75 Å². The molecule has 0 radical (unpaired) electrons. The van der Waals surface area contributed by atoms with Crippen LogP contribution in [0.15, 0.2) is 54.6 Å². The Bertz CT molecular complexity index is 1510. The van der Waals surface area contributed by atoms with Gasteiger partial charge in [0.05, 0.1) is 17.6 Å². The van der Waals surface area contributed by atoms with Crippen molar-refractivity contribution in [1.82, 2.24) is 5.32 Å². The molecule has 42 heavy (non-hydrogen) atoms. The first-order valence-corrected chi connectivity index (χ1v) is 13.3. The van der Waals surface area contributed by atoms with Crippen molar-refractivity contribution in [3.05, 3.63) is 92.5 Å². The van der Waals surface area contributed by atoms with Gasteiger partial charge in [-0.3, -0.25) is 10.1 Å². The van der Waals surface area contributed by atoms with Crippen molar-refractivity contribution in [2.75, 3.05) is 13.9 Å². The summed E-state index contributed by atoms with van der Waals surface area (Å²) in [6, 6.07) is 16.2. The first-order valence-electron chi connectivity index (χ1n) is 13.3. The summed E-state index contributed by atoms with van der Waals surface area (Å²) in [7, 11) is 1.38. The number of rotatable bonds is 11. The van der Waals surface area contributed by atoms with Crippen molar-refractivity contribution in [2.24, 2.45) is 5.41 Å². The Morgan fingerprint density at radius 2 is 1.74 bits per heavy atom. The number of carboxylic acids is 1. The predicted octanol–water partition coefficient (Wildman–Crippen LogP) is 4.98. The normalized spacial score (nSPS) is 13.5. The molecule has 4 rings (SSSR count). The van der Waals surface area contributed by atoms with Gasteiger partial charge in [0.15, 0.2) is 6.79 Å². The molecule has 0 saturated carbocycles. The lowest BCUT2D eigenvalue weighted by Crippen LogP contribution is -2.64. The molecule has 0 aromatic heterocycles. The molecule has 0 heterocycles. The number of nitrogens with one attached hydrogen (secondary N) is 1. The molecule has 0 aliphatic heterocycles. The Morgan fingerprint density at radius 3 is 2.38 bits per heavy atom. The minimum absolute atomic E-state index is 0.00918. The van der Waals surface area contributed by atoms with E-state index >= 15 is 0 Å². The van der Waals surface area contributed by atoms with Crippen molar-refractivity contribution in [2.45, 2.75) is 52.4 Å². The zero-order chi connectivity index (χ0) is 30.7. The number of aliphatic carboxylic acids is 1. The van der Waals surface area contributed by atoms with Gasteiger partial charge in [0.2, 0.25) is 0 Å². The van der Waals surface area contributed by atoms with Gasteiger partial charge in [-0.05, 0) is 45.7 Å². The number of benzene rings is 3. The SMILES string of the molecule is COCOc1cc([N+](=O)[O-])c(C[C@@](NC(=O)OCc2cccc3c2Cc2ccccc2-3)(C(=O)O)C(C)(C)C)cc1CO. The average molecular weight is 579 g/mol. The largest absolute Gasteiger partial charge is 0.479 e. The summed E-state index contributed by atoms with van der Waals surface area (Å²) in [5, 5.41) is 34.9. The second-order valence-electron chi connectivity index (χ2n) is 11.2. The third-order valence-corrected chi connectivity index (χ3v) is 7.68. The number of aliphatic hydroxyl groups excluding tert-OH is 1. The Labute approximate surface area is 243 Å². The van der Waals surface area contributed by atoms with Gasteiger partial charge in [-0.2, -0.15) is 0 Å². The second kappa shape index (κ2) is 12.2. The topological polar surface area (TPSA) is 157 Å². The summed E-state index contributed by atoms with van der Waals surface area (Å²) in [5.74, 6) is -1.38. The fourth-order valence-corrected chi connectivity index (χ4v) is 5.30. The van der Waals surface area contributed by atoms with Crippen molar-refractivity contribution in [1.29, 1.82) is 0 Å². The zero-order valence-electron chi connectivity index (χ0n) is 23.9. The Morgan fingerprint density at radius 1 is 1.02 bits per heavy atom. The fraction of sp³-hybridized carbons (Fsp3) is 0.355. The van der Waals surface area contributed by atoms with Gasteiger partial charge in [-0.1, -0.05) is 63.2 Å². The van der Waals surface area contributed by atoms with E-state index in [9.17, 15) is 29.9 Å². The van der Waals surface area contributed by atoms with E-state index in [-0.39, 0.29) is 30.3 Å². The number of hydrogen-bond acceptors (Lipinski definition) is 8. The first-order chi connectivity index (χ1) is 19.9. The third-order valence-electron chi connectivity index (χ3n) is 7.68. The summed E-state index contributed by atoms with van der Waals surface area (Å²) in [4.78, 5) is 37.4. The summed E-state index contributed by atoms with van der Waals surface area (Å²) < 4.78 is 15.8. The highest BCUT2D eigenvalue weighted by Gasteiger charge is 2.51. The van der Waals surface area contributed by atoms with E-state index in [1.165, 1.54) is 18.7 Å². The lowest BCUT2D eigenvalue weighted by atomic mass is 9.69. The van der Waals surface area contributed by atoms with Crippen LogP contribution in [-0.2, 0) is 40.3 Å². The molecule has 1 atom stereocenters. The molecule has 11 nitrogen and oxygen atoms in total. The smallest absolute Gasteiger partial charge is 0.408 e. The molecule has 0 saturated heterocycles. The minimum Gasteiger partial charge on any atom is -0.479 e. The predicted molar refractivity (Wildman–Crippen MR) is 153 cm³/mol. The molecule has 3 aromatic carbocycles. The minimum atomic E-state index is -2.02. The van der Waals surface area contributed by atoms with Gasteiger partial charge in [0, 0.05) is 24.7 Å². The molecule has 1 aliphatic carbocycles. The van der Waals surface area contributed by atoms with Crippen LogP contribution >= 0.6 is 0 Å². The molecule has 11 heteroatoms. The molecule has 3 aromatic rings. The summed E-state index contributed by atoms with van der Waals surface area (Å²) in [6.45, 7) is 3.99. The average Bonchev–Trinajstić information content (AvgIpc) is 3.33. The van der Waals surface area contributed by atoms with E-state index in [1.54, 1.807) is 20.8 Å². The maximum absolute atomic E-state index is 13.2. The number of carbonyl (C=O) groups is 2. The van der Waals surface area contributed by atoms with Crippen LogP contribution in [-0.4, -0.2) is 46.6 Å². The number of carbonyl (C=O) groups excluding carboxylic acids is 1. The Balaban J connectivity index is 1.62.